The second-order valence-electron chi connectivity index (χ2n) is 7.87. The van der Waals surface area contributed by atoms with Crippen molar-refractivity contribution >= 4 is 5.91 Å². The highest BCUT2D eigenvalue weighted by molar-refractivity contribution is 5.94. The van der Waals surface area contributed by atoms with Crippen LogP contribution in [0.4, 0.5) is 0 Å². The van der Waals surface area contributed by atoms with Gasteiger partial charge in [-0.1, -0.05) is 38.2 Å². The van der Waals surface area contributed by atoms with Gasteiger partial charge in [-0.2, -0.15) is 0 Å². The third-order valence-corrected chi connectivity index (χ3v) is 5.41. The number of carbonyl (C=O) groups excluding carboxylic acids is 1. The Bertz CT molecular complexity index is 884. The molecule has 0 bridgehead atoms. The van der Waals surface area contributed by atoms with Gasteiger partial charge < -0.3 is 19.6 Å². The van der Waals surface area contributed by atoms with E-state index in [1.165, 1.54) is 0 Å². The summed E-state index contributed by atoms with van der Waals surface area (Å²) in [6.45, 7) is 7.32. The van der Waals surface area contributed by atoms with Crippen LogP contribution in [0.25, 0.3) is 11.6 Å². The van der Waals surface area contributed by atoms with Crippen LogP contribution in [0.2, 0.25) is 0 Å². The molecule has 6 heteroatoms. The highest BCUT2D eigenvalue weighted by Gasteiger charge is 2.24. The number of piperazine rings is 1. The highest BCUT2D eigenvalue weighted by Crippen LogP contribution is 2.29. The van der Waals surface area contributed by atoms with Gasteiger partial charge in [0.05, 0.1) is 5.69 Å². The average molecular weight is 380 g/mol. The molecule has 148 valence electrons. The zero-order valence-corrected chi connectivity index (χ0v) is 16.6. The molecule has 28 heavy (non-hydrogen) atoms. The number of hydrogen-bond acceptors (Lipinski definition) is 4. The standard InChI is InChI=1S/C22H28N4O2/c1-15(2)19-14-28-21(25-19)20-17(12-16-6-4-3-5-7-16)13-18(24-20)22(27)26-10-8-23-9-11-26/h3-6,13-16,23-24H,7-12H2,1-2H3. The van der Waals surface area contributed by atoms with Crippen molar-refractivity contribution in [2.24, 2.45) is 5.92 Å². The van der Waals surface area contributed by atoms with Gasteiger partial charge in [0, 0.05) is 26.2 Å². The summed E-state index contributed by atoms with van der Waals surface area (Å²) in [5.74, 6) is 1.32. The quantitative estimate of drug-likeness (QED) is 0.832. The molecule has 2 aromatic rings. The lowest BCUT2D eigenvalue weighted by atomic mass is 9.93. The van der Waals surface area contributed by atoms with Gasteiger partial charge >= 0.3 is 0 Å². The van der Waals surface area contributed by atoms with Gasteiger partial charge in [-0.25, -0.2) is 4.98 Å². The van der Waals surface area contributed by atoms with Crippen molar-refractivity contribution in [3.05, 3.63) is 53.6 Å². The number of rotatable bonds is 5. The largest absolute Gasteiger partial charge is 0.443 e. The topological polar surface area (TPSA) is 74.2 Å². The molecule has 0 radical (unpaired) electrons. The van der Waals surface area contributed by atoms with Gasteiger partial charge in [-0.15, -0.1) is 0 Å². The summed E-state index contributed by atoms with van der Waals surface area (Å²) in [6, 6.07) is 1.99. The number of nitrogens with one attached hydrogen (secondary N) is 2. The van der Waals surface area contributed by atoms with Crippen molar-refractivity contribution in [1.29, 1.82) is 0 Å². The zero-order chi connectivity index (χ0) is 19.5. The van der Waals surface area contributed by atoms with Crippen LogP contribution < -0.4 is 5.32 Å². The fourth-order valence-electron chi connectivity index (χ4n) is 3.73. The van der Waals surface area contributed by atoms with E-state index in [9.17, 15) is 4.79 Å². The lowest BCUT2D eigenvalue weighted by Gasteiger charge is -2.26. The molecule has 1 aliphatic heterocycles. The smallest absolute Gasteiger partial charge is 0.270 e. The van der Waals surface area contributed by atoms with E-state index in [1.807, 2.05) is 11.0 Å². The number of allylic oxidation sites excluding steroid dienone is 4. The van der Waals surface area contributed by atoms with Gasteiger partial charge in [-0.05, 0) is 36.3 Å². The third-order valence-electron chi connectivity index (χ3n) is 5.41. The summed E-state index contributed by atoms with van der Waals surface area (Å²) >= 11 is 0. The molecule has 1 aliphatic carbocycles. The SMILES string of the molecule is CC(C)c1coc(-c2[nH]c(C(=O)N3CCNCC3)cc2CC2C=CC=CC2)n1. The Labute approximate surface area is 165 Å². The maximum absolute atomic E-state index is 13.0. The van der Waals surface area contributed by atoms with Crippen molar-refractivity contribution in [2.75, 3.05) is 26.2 Å². The summed E-state index contributed by atoms with van der Waals surface area (Å²) in [6.07, 6.45) is 12.2. The first-order chi connectivity index (χ1) is 13.6. The van der Waals surface area contributed by atoms with Gasteiger partial charge in [0.15, 0.2) is 0 Å². The first kappa shape index (κ1) is 18.7. The second kappa shape index (κ2) is 8.19. The van der Waals surface area contributed by atoms with Crippen molar-refractivity contribution in [2.45, 2.75) is 32.6 Å². The summed E-state index contributed by atoms with van der Waals surface area (Å²) in [4.78, 5) is 22.9. The Morgan fingerprint density at radius 1 is 1.32 bits per heavy atom. The normalized spacial score (nSPS) is 19.5. The molecular formula is C22H28N4O2. The molecule has 0 spiro atoms. The van der Waals surface area contributed by atoms with Crippen LogP contribution in [0, 0.1) is 5.92 Å². The number of nitrogens with zero attached hydrogens (tertiary/aromatic N) is 2. The van der Waals surface area contributed by atoms with Gasteiger partial charge in [0.1, 0.15) is 17.7 Å². The van der Waals surface area contributed by atoms with E-state index in [0.717, 1.165) is 56.0 Å². The van der Waals surface area contributed by atoms with E-state index in [2.05, 4.69) is 53.4 Å². The van der Waals surface area contributed by atoms with Crippen LogP contribution in [0.15, 0.2) is 41.1 Å². The summed E-state index contributed by atoms with van der Waals surface area (Å²) in [5, 5.41) is 3.29. The fraction of sp³-hybridized carbons (Fsp3) is 0.455. The Hall–Kier alpha value is -2.60. The summed E-state index contributed by atoms with van der Waals surface area (Å²) in [5.41, 5.74) is 3.45. The third kappa shape index (κ3) is 3.97. The predicted octanol–water partition coefficient (Wildman–Crippen LogP) is 3.51. The number of oxazole rings is 1. The van der Waals surface area contributed by atoms with Crippen LogP contribution in [-0.4, -0.2) is 47.0 Å². The molecule has 2 aromatic heterocycles. The molecule has 1 unspecified atom stereocenters. The van der Waals surface area contributed by atoms with Crippen LogP contribution in [0.5, 0.6) is 0 Å². The van der Waals surface area contributed by atoms with Crippen molar-refractivity contribution < 1.29 is 9.21 Å². The van der Waals surface area contributed by atoms with E-state index < -0.39 is 0 Å². The number of hydrogen-bond donors (Lipinski definition) is 2. The molecule has 1 atom stereocenters. The predicted molar refractivity (Wildman–Crippen MR) is 109 cm³/mol. The van der Waals surface area contributed by atoms with E-state index in [1.54, 1.807) is 6.26 Å². The van der Waals surface area contributed by atoms with Crippen molar-refractivity contribution in [1.82, 2.24) is 20.2 Å². The summed E-state index contributed by atoms with van der Waals surface area (Å²) < 4.78 is 5.77. The van der Waals surface area contributed by atoms with Crippen LogP contribution in [0.1, 0.15) is 47.9 Å². The highest BCUT2D eigenvalue weighted by atomic mass is 16.3. The average Bonchev–Trinajstić information content (AvgIpc) is 3.36. The molecule has 4 rings (SSSR count). The first-order valence-electron chi connectivity index (χ1n) is 10.1. The van der Waals surface area contributed by atoms with Gasteiger partial charge in [-0.3, -0.25) is 4.79 Å². The number of carbonyl (C=O) groups is 1. The molecule has 6 nitrogen and oxygen atoms in total. The molecule has 0 aromatic carbocycles. The Kier molecular flexibility index (Phi) is 5.48. The number of amides is 1. The minimum absolute atomic E-state index is 0.0451. The fourth-order valence-corrected chi connectivity index (χ4v) is 3.73. The van der Waals surface area contributed by atoms with Crippen molar-refractivity contribution in [3.63, 3.8) is 0 Å². The van der Waals surface area contributed by atoms with Crippen molar-refractivity contribution in [3.8, 4) is 11.6 Å². The molecule has 0 saturated carbocycles. The van der Waals surface area contributed by atoms with E-state index in [4.69, 9.17) is 4.42 Å². The van der Waals surface area contributed by atoms with Gasteiger partial charge in [0.2, 0.25) is 5.89 Å². The van der Waals surface area contributed by atoms with Crippen LogP contribution in [-0.2, 0) is 6.42 Å². The van der Waals surface area contributed by atoms with E-state index in [0.29, 0.717) is 23.4 Å². The molecule has 2 N–H and O–H groups in total. The maximum Gasteiger partial charge on any atom is 0.270 e. The minimum Gasteiger partial charge on any atom is -0.443 e. The Balaban J connectivity index is 1.65. The lowest BCUT2D eigenvalue weighted by Crippen LogP contribution is -2.46. The lowest BCUT2D eigenvalue weighted by molar-refractivity contribution is 0.0730. The zero-order valence-electron chi connectivity index (χ0n) is 16.6. The maximum atomic E-state index is 13.0. The molecule has 3 heterocycles. The minimum atomic E-state index is 0.0451. The molecular weight excluding hydrogens is 352 g/mol. The molecule has 1 saturated heterocycles. The van der Waals surface area contributed by atoms with Crippen LogP contribution >= 0.6 is 0 Å². The Morgan fingerprint density at radius 2 is 2.14 bits per heavy atom. The second-order valence-corrected chi connectivity index (χ2v) is 7.87. The summed E-state index contributed by atoms with van der Waals surface area (Å²) in [7, 11) is 0. The molecule has 1 amide bonds. The number of aromatic amines is 1. The number of aromatic nitrogens is 2. The first-order valence-corrected chi connectivity index (χ1v) is 10.1. The molecule has 2 aliphatic rings. The Morgan fingerprint density at radius 3 is 2.82 bits per heavy atom. The van der Waals surface area contributed by atoms with E-state index >= 15 is 0 Å². The number of H-pyrrole nitrogens is 1. The van der Waals surface area contributed by atoms with Crippen LogP contribution in [0.3, 0.4) is 0 Å². The van der Waals surface area contributed by atoms with E-state index in [-0.39, 0.29) is 5.91 Å². The monoisotopic (exact) mass is 380 g/mol. The van der Waals surface area contributed by atoms with Gasteiger partial charge in [0.25, 0.3) is 5.91 Å². The molecule has 1 fully saturated rings.